The zero-order valence-corrected chi connectivity index (χ0v) is 14.1. The van der Waals surface area contributed by atoms with Gasteiger partial charge >= 0.3 is 59.1 Å². The average molecular weight is 285 g/mol. The Balaban J connectivity index is 0. The van der Waals surface area contributed by atoms with Crippen molar-refractivity contribution in [1.82, 2.24) is 0 Å². The Morgan fingerprint density at radius 3 is 1.75 bits per heavy atom. The van der Waals surface area contributed by atoms with Gasteiger partial charge in [-0.05, 0) is 6.03 Å². The molecule has 0 N–H and O–H groups in total. The molecule has 7 nitrogen and oxygen atoms in total. The fourth-order valence-electron chi connectivity index (χ4n) is 0.807. The number of rotatable bonds is 2. The van der Waals surface area contributed by atoms with Crippen LogP contribution in [0.5, 0.6) is 0 Å². The second-order valence-electron chi connectivity index (χ2n) is 2.33. The van der Waals surface area contributed by atoms with E-state index in [1.165, 1.54) is 0 Å². The summed E-state index contributed by atoms with van der Waals surface area (Å²) in [7, 11) is -4.12. The summed E-state index contributed by atoms with van der Waals surface area (Å²) in [6.07, 6.45) is 0. The van der Waals surface area contributed by atoms with Gasteiger partial charge in [-0.1, -0.05) is 0 Å². The van der Waals surface area contributed by atoms with Crippen LogP contribution >= 0.6 is 11.6 Å². The average Bonchev–Trinajstić information content (AvgIpc) is 2.01. The van der Waals surface area contributed by atoms with E-state index >= 15 is 0 Å². The van der Waals surface area contributed by atoms with Crippen LogP contribution in [0.1, 0.15) is 0 Å². The van der Waals surface area contributed by atoms with Crippen LogP contribution in [0.15, 0.2) is 0 Å². The van der Waals surface area contributed by atoms with Crippen LogP contribution < -0.4 is 59.1 Å². The van der Waals surface area contributed by atoms with Crippen molar-refractivity contribution in [1.29, 1.82) is 0 Å². The number of alkyl halides is 1. The largest absolute Gasteiger partial charge is 1.00 e. The van der Waals surface area contributed by atoms with Gasteiger partial charge in [0.2, 0.25) is 0 Å². The number of carbonyl (C=O) groups excluding carboxylic acids is 3. The predicted molar refractivity (Wildman–Crippen MR) is 45.6 cm³/mol. The molecule has 0 saturated carbocycles. The molecule has 0 radical (unpaired) electrons. The van der Waals surface area contributed by atoms with E-state index in [9.17, 15) is 22.8 Å². The van der Waals surface area contributed by atoms with Crippen LogP contribution in [0.3, 0.4) is 0 Å². The first-order chi connectivity index (χ1) is 6.38. The van der Waals surface area contributed by atoms with E-state index in [1.54, 1.807) is 0 Å². The molecule has 0 unspecified atom stereocenters. The molecule has 1 saturated heterocycles. The quantitative estimate of drug-likeness (QED) is 0.284. The number of carbonyl (C=O) groups is 3. The molecule has 16 heavy (non-hydrogen) atoms. The van der Waals surface area contributed by atoms with Gasteiger partial charge < -0.3 is 25.0 Å². The first-order valence-corrected chi connectivity index (χ1v) is 5.46. The molecule has 0 spiro atoms. The minimum Gasteiger partial charge on any atom is -0.610 e. The molecule has 0 aromatic heterocycles. The van der Waals surface area contributed by atoms with Gasteiger partial charge in [-0.15, -0.1) is 11.6 Å². The number of hydrogen-bond acceptors (Lipinski definition) is 5. The van der Waals surface area contributed by atoms with Crippen LogP contribution in [0.2, 0.25) is 0 Å². The first kappa shape index (κ1) is 19.2. The number of sulfone groups is 1. The Hall–Kier alpha value is 0.850. The number of imide groups is 2. The molecule has 4 amide bonds. The van der Waals surface area contributed by atoms with Gasteiger partial charge in [0.1, 0.15) is 10.5 Å². The molecule has 1 aliphatic heterocycles. The third kappa shape index (κ3) is 4.26. The van der Waals surface area contributed by atoms with Gasteiger partial charge in [-0.3, -0.25) is 0 Å². The van der Waals surface area contributed by atoms with E-state index < -0.39 is 38.1 Å². The van der Waals surface area contributed by atoms with Crippen molar-refractivity contribution < 1.29 is 81.9 Å². The van der Waals surface area contributed by atoms with Crippen molar-refractivity contribution in [3.05, 3.63) is 10.6 Å². The van der Waals surface area contributed by atoms with Crippen molar-refractivity contribution in [3.63, 3.8) is 0 Å². The number of hydrogen-bond donors (Lipinski definition) is 0. The van der Waals surface area contributed by atoms with E-state index in [0.29, 0.717) is 0 Å². The molecule has 0 aromatic rings. The molecule has 0 bridgehead atoms. The summed E-state index contributed by atoms with van der Waals surface area (Å²) in [5.74, 6) is -2.67. The zero-order valence-electron chi connectivity index (χ0n) is 8.51. The molecule has 0 aromatic carbocycles. The van der Waals surface area contributed by atoms with Crippen molar-refractivity contribution >= 4 is 39.3 Å². The fraction of sp³-hybridized carbons (Fsp3) is 0.400. The van der Waals surface area contributed by atoms with Crippen LogP contribution in [0.25, 0.3) is 10.6 Å². The maximum absolute atomic E-state index is 11.1. The summed E-state index contributed by atoms with van der Waals surface area (Å²) < 4.78 is 22.2. The van der Waals surface area contributed by atoms with Gasteiger partial charge in [0.25, 0.3) is 0 Å². The first-order valence-electron chi connectivity index (χ1n) is 3.21. The number of barbiturate groups is 1. The maximum atomic E-state index is 11.1. The van der Waals surface area contributed by atoms with Crippen LogP contribution in [-0.2, 0) is 19.4 Å². The summed E-state index contributed by atoms with van der Waals surface area (Å²) in [6.45, 7) is 0. The van der Waals surface area contributed by atoms with E-state index in [1.807, 2.05) is 0 Å². The summed E-state index contributed by atoms with van der Waals surface area (Å²) in [4.78, 5) is 32.3. The predicted octanol–water partition coefficient (Wildman–Crippen LogP) is -6.09. The van der Waals surface area contributed by atoms with Crippen molar-refractivity contribution in [2.75, 3.05) is 5.21 Å². The van der Waals surface area contributed by atoms with E-state index in [0.717, 1.165) is 0 Å². The van der Waals surface area contributed by atoms with Crippen LogP contribution in [0, 0.1) is 0 Å². The van der Waals surface area contributed by atoms with Gasteiger partial charge in [-0.2, -0.15) is 0 Å². The number of urea groups is 1. The zero-order chi connectivity index (χ0) is 10.9. The summed E-state index contributed by atoms with van der Waals surface area (Å²) in [6, 6.07) is -1.29. The third-order valence-corrected chi connectivity index (χ3v) is 3.71. The molecule has 0 atom stereocenters. The van der Waals surface area contributed by atoms with E-state index in [-0.39, 0.29) is 59.1 Å². The second-order valence-corrected chi connectivity index (χ2v) is 5.00. The minimum absolute atomic E-state index is 0. The number of amides is 4. The Labute approximate surface area is 141 Å². The molecule has 1 aliphatic rings. The minimum atomic E-state index is -4.12. The topological polar surface area (TPSA) is 114 Å². The Morgan fingerprint density at radius 1 is 1.06 bits per heavy atom. The molecular weight excluding hydrogens is 282 g/mol. The Kier molecular flexibility index (Phi) is 8.78. The SMILES string of the molecule is O=C1[N-]C(=O)C(S(=O)(=O)CCl)C(=O)[N-]1.[Na+].[Na+]. The fourth-order valence-corrected chi connectivity index (χ4v) is 2.03. The van der Waals surface area contributed by atoms with E-state index in [4.69, 9.17) is 11.6 Å². The van der Waals surface area contributed by atoms with Crippen molar-refractivity contribution in [2.45, 2.75) is 5.25 Å². The molecule has 11 heteroatoms. The molecular formula is C5H3ClN2Na2O5S. The summed E-state index contributed by atoms with van der Waals surface area (Å²) >= 11 is 5.03. The van der Waals surface area contributed by atoms with Gasteiger partial charge in [0, 0.05) is 0 Å². The second kappa shape index (κ2) is 7.32. The Morgan fingerprint density at radius 2 is 1.44 bits per heavy atom. The normalized spacial score (nSPS) is 16.7. The molecule has 1 rings (SSSR count). The molecule has 1 heterocycles. The summed E-state index contributed by atoms with van der Waals surface area (Å²) in [5, 5.41) is 2.49. The van der Waals surface area contributed by atoms with Gasteiger partial charge in [0.15, 0.2) is 9.84 Å². The number of nitrogens with zero attached hydrogens (tertiary/aromatic N) is 2. The van der Waals surface area contributed by atoms with Crippen molar-refractivity contribution in [2.24, 2.45) is 0 Å². The van der Waals surface area contributed by atoms with E-state index in [2.05, 4.69) is 10.6 Å². The van der Waals surface area contributed by atoms with Crippen LogP contribution in [-0.4, -0.2) is 36.7 Å². The molecule has 1 fully saturated rings. The van der Waals surface area contributed by atoms with Crippen LogP contribution in [0.4, 0.5) is 4.79 Å². The maximum Gasteiger partial charge on any atom is 1.00 e. The number of halogens is 1. The van der Waals surface area contributed by atoms with Gasteiger partial charge in [0.05, 0.1) is 11.8 Å². The third-order valence-electron chi connectivity index (χ3n) is 1.37. The summed E-state index contributed by atoms with van der Waals surface area (Å²) in [5.41, 5.74) is 0. The van der Waals surface area contributed by atoms with Gasteiger partial charge in [-0.25, -0.2) is 8.42 Å². The molecule has 0 aliphatic carbocycles. The smallest absolute Gasteiger partial charge is 0.610 e. The standard InChI is InChI=1S/C5H5ClN2O5S.2Na/c6-1-14(12,13)2-3(9)7-5(11)8-4(2)10;;/h2H,1H2,(H2,7,8,9,10,11);;/q;2*+1/p-2. The Bertz CT molecular complexity index is 391. The monoisotopic (exact) mass is 284 g/mol. The molecule has 78 valence electrons. The van der Waals surface area contributed by atoms with Crippen molar-refractivity contribution in [3.8, 4) is 0 Å².